The van der Waals surface area contributed by atoms with Crippen molar-refractivity contribution in [2.45, 2.75) is 0 Å². The molecule has 0 bridgehead atoms. The molecule has 0 spiro atoms. The molecule has 0 aromatic heterocycles. The van der Waals surface area contributed by atoms with Gasteiger partial charge >= 0.3 is 0 Å². The molecule has 1 aromatic carbocycles. The highest BCUT2D eigenvalue weighted by atomic mass is 127. The van der Waals surface area contributed by atoms with Crippen LogP contribution in [0.5, 0.6) is 5.75 Å². The van der Waals surface area contributed by atoms with Gasteiger partial charge in [0.1, 0.15) is 20.2 Å². The van der Waals surface area contributed by atoms with Crippen molar-refractivity contribution >= 4 is 35.9 Å². The Hall–Kier alpha value is -0.445. The van der Waals surface area contributed by atoms with E-state index in [1.54, 1.807) is 6.08 Å². The Morgan fingerprint density at radius 3 is 3.00 bits per heavy atom. The summed E-state index contributed by atoms with van der Waals surface area (Å²) in [6.07, 6.45) is 1.69. The van der Waals surface area contributed by atoms with E-state index >= 15 is 0 Å². The van der Waals surface area contributed by atoms with Crippen LogP contribution in [0.4, 0.5) is 0 Å². The molecule has 1 aromatic rings. The summed E-state index contributed by atoms with van der Waals surface area (Å²) in [6.45, 7) is 4.05. The average Bonchev–Trinajstić information content (AvgIpc) is 2.07. The standard InChI is InChI=1S/C9H8BIO/c1-2-5-12-9-6-7(11)3-4-8(9)10/h2-4,6H,1,5H2. The van der Waals surface area contributed by atoms with E-state index in [9.17, 15) is 0 Å². The van der Waals surface area contributed by atoms with Crippen LogP contribution in [0.3, 0.4) is 0 Å². The van der Waals surface area contributed by atoms with Gasteiger partial charge in [0.25, 0.3) is 0 Å². The van der Waals surface area contributed by atoms with Gasteiger partial charge in [-0.2, -0.15) is 0 Å². The van der Waals surface area contributed by atoms with Gasteiger partial charge < -0.3 is 4.74 Å². The molecule has 0 heterocycles. The molecular weight excluding hydrogens is 262 g/mol. The molecule has 0 fully saturated rings. The smallest absolute Gasteiger partial charge is 0.119 e. The highest BCUT2D eigenvalue weighted by Crippen LogP contribution is 2.11. The van der Waals surface area contributed by atoms with Crippen LogP contribution in [0.2, 0.25) is 0 Å². The second-order valence-electron chi connectivity index (χ2n) is 2.28. The summed E-state index contributed by atoms with van der Waals surface area (Å²) in [5.74, 6) is 0.724. The first-order valence-corrected chi connectivity index (χ1v) is 4.60. The number of ether oxygens (including phenoxy) is 1. The minimum atomic E-state index is 0.490. The van der Waals surface area contributed by atoms with Crippen molar-refractivity contribution in [2.75, 3.05) is 6.61 Å². The van der Waals surface area contributed by atoms with Crippen LogP contribution in [0.25, 0.3) is 0 Å². The largest absolute Gasteiger partial charge is 0.490 e. The molecule has 0 amide bonds. The van der Waals surface area contributed by atoms with E-state index in [2.05, 4.69) is 29.2 Å². The SMILES string of the molecule is [B]c1ccc(I)cc1OCC=C. The van der Waals surface area contributed by atoms with Crippen molar-refractivity contribution in [3.05, 3.63) is 34.4 Å². The Morgan fingerprint density at radius 2 is 2.33 bits per heavy atom. The minimum Gasteiger partial charge on any atom is -0.490 e. The summed E-state index contributed by atoms with van der Waals surface area (Å²) in [5.41, 5.74) is 0.664. The van der Waals surface area contributed by atoms with E-state index in [4.69, 9.17) is 12.6 Å². The zero-order valence-electron chi connectivity index (χ0n) is 6.59. The summed E-state index contributed by atoms with van der Waals surface area (Å²) in [4.78, 5) is 0. The van der Waals surface area contributed by atoms with Crippen LogP contribution < -0.4 is 10.2 Å². The van der Waals surface area contributed by atoms with Crippen molar-refractivity contribution in [1.29, 1.82) is 0 Å². The summed E-state index contributed by atoms with van der Waals surface area (Å²) < 4.78 is 6.43. The second-order valence-corrected chi connectivity index (χ2v) is 3.53. The van der Waals surface area contributed by atoms with Gasteiger partial charge in [-0.3, -0.25) is 0 Å². The number of hydrogen-bond acceptors (Lipinski definition) is 1. The first-order valence-electron chi connectivity index (χ1n) is 3.52. The molecule has 1 rings (SSSR count). The molecule has 12 heavy (non-hydrogen) atoms. The Kier molecular flexibility index (Phi) is 3.65. The molecule has 0 saturated heterocycles. The lowest BCUT2D eigenvalue weighted by molar-refractivity contribution is 0.366. The molecule has 60 valence electrons. The Labute approximate surface area is 87.4 Å². The van der Waals surface area contributed by atoms with Gasteiger partial charge in [-0.1, -0.05) is 24.2 Å². The lowest BCUT2D eigenvalue weighted by Gasteiger charge is -2.06. The second kappa shape index (κ2) is 4.55. The fourth-order valence-electron chi connectivity index (χ4n) is 0.782. The Balaban J connectivity index is 2.82. The number of hydrogen-bond donors (Lipinski definition) is 0. The minimum absolute atomic E-state index is 0.490. The van der Waals surface area contributed by atoms with Crippen LogP contribution in [0.15, 0.2) is 30.9 Å². The third kappa shape index (κ3) is 2.55. The van der Waals surface area contributed by atoms with E-state index in [0.29, 0.717) is 12.1 Å². The highest BCUT2D eigenvalue weighted by Gasteiger charge is 1.97. The summed E-state index contributed by atoms with van der Waals surface area (Å²) >= 11 is 2.21. The van der Waals surface area contributed by atoms with Crippen molar-refractivity contribution < 1.29 is 4.74 Å². The molecular formula is C9H8BIO. The third-order valence-corrected chi connectivity index (χ3v) is 2.00. The van der Waals surface area contributed by atoms with Crippen molar-refractivity contribution in [3.63, 3.8) is 0 Å². The summed E-state index contributed by atoms with van der Waals surface area (Å²) in [7, 11) is 5.67. The monoisotopic (exact) mass is 270 g/mol. The van der Waals surface area contributed by atoms with Crippen LogP contribution in [-0.2, 0) is 0 Å². The normalized spacial score (nSPS) is 9.42. The van der Waals surface area contributed by atoms with Gasteiger partial charge in [0.05, 0.1) is 0 Å². The van der Waals surface area contributed by atoms with Crippen LogP contribution in [0.1, 0.15) is 0 Å². The van der Waals surface area contributed by atoms with Crippen LogP contribution in [-0.4, -0.2) is 14.5 Å². The fourth-order valence-corrected chi connectivity index (χ4v) is 1.24. The average molecular weight is 270 g/mol. The zero-order valence-corrected chi connectivity index (χ0v) is 8.74. The maximum absolute atomic E-state index is 5.67. The van der Waals surface area contributed by atoms with Crippen LogP contribution in [0, 0.1) is 3.57 Å². The Bertz CT molecular complexity index is 286. The number of benzene rings is 1. The van der Waals surface area contributed by atoms with E-state index in [-0.39, 0.29) is 0 Å². The van der Waals surface area contributed by atoms with Crippen molar-refractivity contribution in [1.82, 2.24) is 0 Å². The molecule has 0 aliphatic carbocycles. The van der Waals surface area contributed by atoms with Gasteiger partial charge in [-0.15, -0.1) is 0 Å². The van der Waals surface area contributed by atoms with Crippen molar-refractivity contribution in [2.24, 2.45) is 0 Å². The fraction of sp³-hybridized carbons (Fsp3) is 0.111. The lowest BCUT2D eigenvalue weighted by atomic mass is 9.95. The molecule has 2 radical (unpaired) electrons. The van der Waals surface area contributed by atoms with E-state index < -0.39 is 0 Å². The molecule has 3 heteroatoms. The maximum Gasteiger partial charge on any atom is 0.119 e. The van der Waals surface area contributed by atoms with Gasteiger partial charge in [0, 0.05) is 3.57 Å². The molecule has 0 aliphatic heterocycles. The van der Waals surface area contributed by atoms with Gasteiger partial charge in [-0.05, 0) is 34.7 Å². The predicted octanol–water partition coefficient (Wildman–Crippen LogP) is 1.65. The molecule has 0 unspecified atom stereocenters. The topological polar surface area (TPSA) is 9.23 Å². The quantitative estimate of drug-likeness (QED) is 0.461. The zero-order chi connectivity index (χ0) is 8.97. The van der Waals surface area contributed by atoms with Gasteiger partial charge in [0.15, 0.2) is 0 Å². The van der Waals surface area contributed by atoms with Crippen LogP contribution >= 0.6 is 22.6 Å². The molecule has 0 N–H and O–H groups in total. The predicted molar refractivity (Wildman–Crippen MR) is 60.2 cm³/mol. The van der Waals surface area contributed by atoms with Gasteiger partial charge in [-0.25, -0.2) is 0 Å². The summed E-state index contributed by atoms with van der Waals surface area (Å²) in [5, 5.41) is 0. The molecule has 0 atom stereocenters. The molecule has 1 nitrogen and oxygen atoms in total. The first-order chi connectivity index (χ1) is 5.74. The first kappa shape index (κ1) is 9.64. The molecule has 0 aliphatic rings. The third-order valence-electron chi connectivity index (χ3n) is 1.33. The Morgan fingerprint density at radius 1 is 1.58 bits per heavy atom. The number of rotatable bonds is 3. The molecule has 0 saturated carbocycles. The number of halogens is 1. The van der Waals surface area contributed by atoms with Crippen molar-refractivity contribution in [3.8, 4) is 5.75 Å². The highest BCUT2D eigenvalue weighted by molar-refractivity contribution is 14.1. The van der Waals surface area contributed by atoms with E-state index in [1.807, 2.05) is 18.2 Å². The lowest BCUT2D eigenvalue weighted by Crippen LogP contribution is -2.09. The van der Waals surface area contributed by atoms with E-state index in [1.165, 1.54) is 0 Å². The summed E-state index contributed by atoms with van der Waals surface area (Å²) in [6, 6.07) is 5.68. The van der Waals surface area contributed by atoms with Gasteiger partial charge in [0.2, 0.25) is 0 Å². The maximum atomic E-state index is 5.67. The van der Waals surface area contributed by atoms with E-state index in [0.717, 1.165) is 9.32 Å².